The SMILES string of the molecule is O=C(c1cc(F)cc(C(F)(F)F)c1)N1CCN(c2nccc(-c3ccc(Oc4ccccc4)cc3)n2)CC1. The van der Waals surface area contributed by atoms with Gasteiger partial charge in [0.1, 0.15) is 17.3 Å². The number of carbonyl (C=O) groups excluding carboxylic acids is 1. The van der Waals surface area contributed by atoms with Gasteiger partial charge >= 0.3 is 6.18 Å². The number of para-hydroxylation sites is 1. The fourth-order valence-electron chi connectivity index (χ4n) is 4.15. The molecule has 3 aromatic carbocycles. The highest BCUT2D eigenvalue weighted by molar-refractivity contribution is 5.94. The van der Waals surface area contributed by atoms with Crippen molar-refractivity contribution in [2.75, 3.05) is 31.1 Å². The van der Waals surface area contributed by atoms with Gasteiger partial charge in [0.15, 0.2) is 0 Å². The van der Waals surface area contributed by atoms with Gasteiger partial charge in [0.25, 0.3) is 5.91 Å². The maximum absolute atomic E-state index is 13.8. The molecule has 5 rings (SSSR count). The van der Waals surface area contributed by atoms with Gasteiger partial charge in [-0.2, -0.15) is 13.2 Å². The lowest BCUT2D eigenvalue weighted by atomic mass is 10.1. The molecule has 1 aromatic heterocycles. The summed E-state index contributed by atoms with van der Waals surface area (Å²) in [6.07, 6.45) is -3.09. The minimum Gasteiger partial charge on any atom is -0.457 e. The van der Waals surface area contributed by atoms with Crippen molar-refractivity contribution < 1.29 is 27.1 Å². The Morgan fingerprint density at radius 2 is 1.53 bits per heavy atom. The zero-order valence-corrected chi connectivity index (χ0v) is 20.0. The van der Waals surface area contributed by atoms with Gasteiger partial charge in [-0.25, -0.2) is 14.4 Å². The Bertz CT molecular complexity index is 1420. The Labute approximate surface area is 216 Å². The van der Waals surface area contributed by atoms with E-state index in [0.717, 1.165) is 17.4 Å². The van der Waals surface area contributed by atoms with Gasteiger partial charge in [-0.1, -0.05) is 18.2 Å². The summed E-state index contributed by atoms with van der Waals surface area (Å²) in [6.45, 7) is 1.21. The smallest absolute Gasteiger partial charge is 0.416 e. The molecule has 10 heteroatoms. The van der Waals surface area contributed by atoms with Crippen molar-refractivity contribution in [1.82, 2.24) is 14.9 Å². The average Bonchev–Trinajstić information content (AvgIpc) is 2.93. The van der Waals surface area contributed by atoms with Crippen LogP contribution in [0.5, 0.6) is 11.5 Å². The molecule has 1 amide bonds. The lowest BCUT2D eigenvalue weighted by Crippen LogP contribution is -2.49. The first-order valence-electron chi connectivity index (χ1n) is 11.8. The zero-order chi connectivity index (χ0) is 26.7. The van der Waals surface area contributed by atoms with Crippen LogP contribution in [-0.4, -0.2) is 47.0 Å². The molecule has 6 nitrogen and oxygen atoms in total. The molecule has 0 spiro atoms. The number of aromatic nitrogens is 2. The third kappa shape index (κ3) is 5.74. The van der Waals surface area contributed by atoms with Crippen molar-refractivity contribution in [1.29, 1.82) is 0 Å². The number of hydrogen-bond acceptors (Lipinski definition) is 5. The van der Waals surface area contributed by atoms with E-state index in [2.05, 4.69) is 9.97 Å². The van der Waals surface area contributed by atoms with Crippen LogP contribution in [-0.2, 0) is 6.18 Å². The van der Waals surface area contributed by atoms with Crippen molar-refractivity contribution in [3.63, 3.8) is 0 Å². The number of rotatable bonds is 5. The van der Waals surface area contributed by atoms with Gasteiger partial charge in [0.05, 0.1) is 11.3 Å². The summed E-state index contributed by atoms with van der Waals surface area (Å²) in [5.41, 5.74) is 0.0572. The molecule has 38 heavy (non-hydrogen) atoms. The van der Waals surface area contributed by atoms with Crippen LogP contribution in [0.2, 0.25) is 0 Å². The van der Waals surface area contributed by atoms with E-state index >= 15 is 0 Å². The lowest BCUT2D eigenvalue weighted by molar-refractivity contribution is -0.137. The molecule has 0 aliphatic carbocycles. The zero-order valence-electron chi connectivity index (χ0n) is 20.0. The highest BCUT2D eigenvalue weighted by Crippen LogP contribution is 2.31. The number of amides is 1. The Balaban J connectivity index is 1.24. The second-order valence-electron chi connectivity index (χ2n) is 8.69. The first-order chi connectivity index (χ1) is 18.3. The third-order valence-electron chi connectivity index (χ3n) is 6.09. The fourth-order valence-corrected chi connectivity index (χ4v) is 4.15. The Hall–Kier alpha value is -4.47. The van der Waals surface area contributed by atoms with Crippen LogP contribution in [0.1, 0.15) is 15.9 Å². The average molecular weight is 523 g/mol. The summed E-state index contributed by atoms with van der Waals surface area (Å²) in [5.74, 6) is 0.147. The molecule has 1 aliphatic rings. The minimum absolute atomic E-state index is 0.232. The van der Waals surface area contributed by atoms with Crippen molar-refractivity contribution in [3.05, 3.63) is 102 Å². The summed E-state index contributed by atoms with van der Waals surface area (Å²) < 4.78 is 58.7. The number of nitrogens with zero attached hydrogens (tertiary/aromatic N) is 4. The van der Waals surface area contributed by atoms with Crippen molar-refractivity contribution in [2.24, 2.45) is 0 Å². The van der Waals surface area contributed by atoms with Crippen LogP contribution < -0.4 is 9.64 Å². The first-order valence-corrected chi connectivity index (χ1v) is 11.8. The Morgan fingerprint density at radius 1 is 0.842 bits per heavy atom. The number of benzene rings is 3. The van der Waals surface area contributed by atoms with Gasteiger partial charge in [-0.15, -0.1) is 0 Å². The van der Waals surface area contributed by atoms with Crippen molar-refractivity contribution >= 4 is 11.9 Å². The molecule has 4 aromatic rings. The van der Waals surface area contributed by atoms with E-state index in [1.54, 1.807) is 12.3 Å². The van der Waals surface area contributed by atoms with Gasteiger partial charge < -0.3 is 14.5 Å². The summed E-state index contributed by atoms with van der Waals surface area (Å²) in [5, 5.41) is 0. The normalized spacial score (nSPS) is 13.9. The van der Waals surface area contributed by atoms with Crippen LogP contribution >= 0.6 is 0 Å². The van der Waals surface area contributed by atoms with Crippen LogP contribution in [0.25, 0.3) is 11.3 Å². The maximum atomic E-state index is 13.8. The molecule has 0 radical (unpaired) electrons. The van der Waals surface area contributed by atoms with Crippen molar-refractivity contribution in [2.45, 2.75) is 6.18 Å². The van der Waals surface area contributed by atoms with Gasteiger partial charge in [0, 0.05) is 43.5 Å². The number of halogens is 4. The van der Waals surface area contributed by atoms with Gasteiger partial charge in [-0.05, 0) is 60.7 Å². The highest BCUT2D eigenvalue weighted by atomic mass is 19.4. The molecular formula is C28H22F4N4O2. The molecule has 2 heterocycles. The minimum atomic E-state index is -4.74. The molecule has 1 aliphatic heterocycles. The third-order valence-corrected chi connectivity index (χ3v) is 6.09. The molecule has 0 bridgehead atoms. The maximum Gasteiger partial charge on any atom is 0.416 e. The van der Waals surface area contributed by atoms with Crippen LogP contribution in [0.4, 0.5) is 23.5 Å². The van der Waals surface area contributed by atoms with E-state index in [0.29, 0.717) is 42.6 Å². The number of alkyl halides is 3. The summed E-state index contributed by atoms with van der Waals surface area (Å²) in [4.78, 5) is 25.1. The van der Waals surface area contributed by atoms with Crippen LogP contribution in [0, 0.1) is 5.82 Å². The summed E-state index contributed by atoms with van der Waals surface area (Å²) in [6, 6.07) is 20.6. The first kappa shape index (κ1) is 25.2. The number of hydrogen-bond donors (Lipinski definition) is 0. The number of anilines is 1. The molecule has 0 atom stereocenters. The topological polar surface area (TPSA) is 58.6 Å². The number of piperazine rings is 1. The van der Waals surface area contributed by atoms with Crippen molar-refractivity contribution in [3.8, 4) is 22.8 Å². The predicted molar refractivity (Wildman–Crippen MR) is 134 cm³/mol. The standard InChI is InChI=1S/C28H22F4N4O2/c29-22-17-20(16-21(18-22)28(30,31)32)26(37)35-12-14-36(15-13-35)27-33-11-10-25(34-27)19-6-8-24(9-7-19)38-23-4-2-1-3-5-23/h1-11,16-18H,12-15H2. The quantitative estimate of drug-likeness (QED) is 0.299. The Morgan fingerprint density at radius 3 is 2.21 bits per heavy atom. The van der Waals surface area contributed by atoms with E-state index in [1.165, 1.54) is 4.90 Å². The van der Waals surface area contributed by atoms with E-state index in [4.69, 9.17) is 4.74 Å². The lowest BCUT2D eigenvalue weighted by Gasteiger charge is -2.35. The molecular weight excluding hydrogens is 500 g/mol. The van der Waals surface area contributed by atoms with Gasteiger partial charge in [0.2, 0.25) is 5.95 Å². The van der Waals surface area contributed by atoms with E-state index in [9.17, 15) is 22.4 Å². The van der Waals surface area contributed by atoms with E-state index in [1.807, 2.05) is 59.5 Å². The monoisotopic (exact) mass is 522 g/mol. The summed E-state index contributed by atoms with van der Waals surface area (Å²) >= 11 is 0. The molecule has 1 fully saturated rings. The summed E-state index contributed by atoms with van der Waals surface area (Å²) in [7, 11) is 0. The molecule has 0 saturated carbocycles. The largest absolute Gasteiger partial charge is 0.457 e. The predicted octanol–water partition coefficient (Wildman–Crippen LogP) is 6.06. The van der Waals surface area contributed by atoms with E-state index in [-0.39, 0.29) is 18.7 Å². The molecule has 0 N–H and O–H groups in total. The second-order valence-corrected chi connectivity index (χ2v) is 8.69. The van der Waals surface area contributed by atoms with Crippen LogP contribution in [0.3, 0.4) is 0 Å². The number of carbonyl (C=O) groups is 1. The molecule has 0 unspecified atom stereocenters. The van der Waals surface area contributed by atoms with Crippen LogP contribution in [0.15, 0.2) is 85.1 Å². The molecule has 1 saturated heterocycles. The Kier molecular flexibility index (Phi) is 6.95. The van der Waals surface area contributed by atoms with Gasteiger partial charge in [-0.3, -0.25) is 4.79 Å². The molecule has 194 valence electrons. The highest BCUT2D eigenvalue weighted by Gasteiger charge is 2.33. The number of ether oxygens (including phenoxy) is 1. The van der Waals surface area contributed by atoms with E-state index < -0.39 is 23.5 Å². The second kappa shape index (κ2) is 10.5. The fraction of sp³-hybridized carbons (Fsp3) is 0.179.